The van der Waals surface area contributed by atoms with Crippen LogP contribution in [0.4, 0.5) is 28.9 Å². The van der Waals surface area contributed by atoms with E-state index in [2.05, 4.69) is 10.3 Å². The van der Waals surface area contributed by atoms with Crippen molar-refractivity contribution < 1.29 is 26.0 Å². The van der Waals surface area contributed by atoms with Crippen molar-refractivity contribution in [3.8, 4) is 0 Å². The Bertz CT molecular complexity index is 1440. The van der Waals surface area contributed by atoms with E-state index in [4.69, 9.17) is 5.41 Å². The molecule has 7 nitrogen and oxygen atoms in total. The van der Waals surface area contributed by atoms with E-state index < -0.39 is 34.0 Å². The van der Waals surface area contributed by atoms with Crippen molar-refractivity contribution in [3.63, 3.8) is 0 Å². The van der Waals surface area contributed by atoms with Crippen LogP contribution in [0, 0.1) is 31.0 Å². The van der Waals surface area contributed by atoms with Gasteiger partial charge >= 0.3 is 6.18 Å². The molecule has 0 radical (unpaired) electrons. The Kier molecular flexibility index (Phi) is 8.45. The molecule has 4 rings (SSSR count). The van der Waals surface area contributed by atoms with Gasteiger partial charge in [0, 0.05) is 60.8 Å². The molecule has 1 aromatic heterocycles. The number of sulfonamides is 1. The third-order valence-corrected chi connectivity index (χ3v) is 9.47. The standard InChI is InChI=1S/C26H29F4N5O2S2/c1-16-10-23(33-21-6-4-20(27)5-7-21)19(12-31)11-22(16)24-14-35(39(36,37)25-15-38-18(3)32-25)9-8-34(24)13-17(2)26(28,29)30/h4-7,10-12,15,17,24,31,33H,8-9,13-14H2,1-3H3/t17?,24-/m1/s1. The number of piperazine rings is 1. The molecule has 3 aromatic rings. The summed E-state index contributed by atoms with van der Waals surface area (Å²) in [6.45, 7) is 4.38. The molecule has 13 heteroatoms. The van der Waals surface area contributed by atoms with E-state index in [1.807, 2.05) is 0 Å². The lowest BCUT2D eigenvalue weighted by molar-refractivity contribution is -0.176. The lowest BCUT2D eigenvalue weighted by Gasteiger charge is -2.42. The van der Waals surface area contributed by atoms with Crippen LogP contribution in [0.2, 0.25) is 0 Å². The van der Waals surface area contributed by atoms with Gasteiger partial charge in [0.05, 0.1) is 10.9 Å². The first kappa shape index (κ1) is 29.1. The van der Waals surface area contributed by atoms with Gasteiger partial charge in [-0.25, -0.2) is 17.8 Å². The fourth-order valence-corrected chi connectivity index (χ4v) is 6.93. The highest BCUT2D eigenvalue weighted by molar-refractivity contribution is 7.89. The molecular formula is C26H29F4N5O2S2. The van der Waals surface area contributed by atoms with Gasteiger partial charge in [-0.05, 0) is 61.4 Å². The van der Waals surface area contributed by atoms with Gasteiger partial charge in [0.1, 0.15) is 5.82 Å². The summed E-state index contributed by atoms with van der Waals surface area (Å²) in [6, 6.07) is 8.49. The molecule has 1 fully saturated rings. The van der Waals surface area contributed by atoms with Crippen LogP contribution in [-0.4, -0.2) is 61.2 Å². The SMILES string of the molecule is Cc1nc(S(=O)(=O)N2CCN(CC(C)C(F)(F)F)[C@@H](c3cc(C=N)c(Nc4ccc(F)cc4)cc3C)C2)cs1. The normalized spacial score (nSPS) is 18.2. The van der Waals surface area contributed by atoms with Crippen LogP contribution in [0.15, 0.2) is 46.8 Å². The van der Waals surface area contributed by atoms with Crippen molar-refractivity contribution in [3.05, 3.63) is 69.3 Å². The number of rotatable bonds is 8. The second-order valence-electron chi connectivity index (χ2n) is 9.59. The highest BCUT2D eigenvalue weighted by atomic mass is 32.2. The van der Waals surface area contributed by atoms with Crippen LogP contribution in [0.25, 0.3) is 0 Å². The number of nitrogens with one attached hydrogen (secondary N) is 2. The van der Waals surface area contributed by atoms with Gasteiger partial charge in [-0.15, -0.1) is 11.3 Å². The van der Waals surface area contributed by atoms with Gasteiger partial charge in [0.2, 0.25) is 0 Å². The Hall–Kier alpha value is -2.87. The maximum atomic E-state index is 13.5. The molecule has 0 saturated carbocycles. The molecular weight excluding hydrogens is 554 g/mol. The third-order valence-electron chi connectivity index (χ3n) is 6.80. The van der Waals surface area contributed by atoms with Crippen molar-refractivity contribution in [1.29, 1.82) is 5.41 Å². The molecule has 1 aliphatic heterocycles. The smallest absolute Gasteiger partial charge is 0.355 e. The first-order valence-corrected chi connectivity index (χ1v) is 14.5. The molecule has 39 heavy (non-hydrogen) atoms. The minimum absolute atomic E-state index is 0.0284. The Morgan fingerprint density at radius 2 is 1.90 bits per heavy atom. The molecule has 0 aliphatic carbocycles. The van der Waals surface area contributed by atoms with Gasteiger partial charge in [0.25, 0.3) is 10.0 Å². The predicted octanol–water partition coefficient (Wildman–Crippen LogP) is 5.89. The monoisotopic (exact) mass is 583 g/mol. The Labute approximate surface area is 229 Å². The summed E-state index contributed by atoms with van der Waals surface area (Å²) >= 11 is 1.21. The molecule has 0 spiro atoms. The lowest BCUT2D eigenvalue weighted by atomic mass is 9.94. The number of aryl methyl sites for hydroxylation is 2. The number of halogens is 4. The summed E-state index contributed by atoms with van der Waals surface area (Å²) in [5.41, 5.74) is 2.96. The molecule has 2 N–H and O–H groups in total. The number of hydrogen-bond acceptors (Lipinski definition) is 7. The molecule has 1 unspecified atom stereocenters. The largest absolute Gasteiger partial charge is 0.392 e. The van der Waals surface area contributed by atoms with E-state index in [0.29, 0.717) is 33.1 Å². The van der Waals surface area contributed by atoms with Gasteiger partial charge in [-0.2, -0.15) is 17.5 Å². The van der Waals surface area contributed by atoms with Crippen molar-refractivity contribution in [2.75, 3.05) is 31.5 Å². The van der Waals surface area contributed by atoms with Gasteiger partial charge in [-0.1, -0.05) is 6.92 Å². The van der Waals surface area contributed by atoms with Crippen molar-refractivity contribution >= 4 is 38.9 Å². The molecule has 2 aromatic carbocycles. The predicted molar refractivity (Wildman–Crippen MR) is 144 cm³/mol. The number of benzene rings is 2. The summed E-state index contributed by atoms with van der Waals surface area (Å²) in [5.74, 6) is -2.01. The minimum Gasteiger partial charge on any atom is -0.355 e. The number of anilines is 2. The average molecular weight is 584 g/mol. The summed E-state index contributed by atoms with van der Waals surface area (Å²) in [5, 5.41) is 13.1. The maximum absolute atomic E-state index is 13.5. The first-order chi connectivity index (χ1) is 18.3. The number of aromatic nitrogens is 1. The highest BCUT2D eigenvalue weighted by Crippen LogP contribution is 2.36. The van der Waals surface area contributed by atoms with Crippen LogP contribution in [-0.2, 0) is 10.0 Å². The molecule has 1 aliphatic rings. The quantitative estimate of drug-likeness (QED) is 0.255. The number of nitrogens with zero attached hydrogens (tertiary/aromatic N) is 3. The van der Waals surface area contributed by atoms with Crippen molar-refractivity contribution in [2.45, 2.75) is 38.0 Å². The van der Waals surface area contributed by atoms with Gasteiger partial charge < -0.3 is 10.7 Å². The minimum atomic E-state index is -4.40. The average Bonchev–Trinajstić information content (AvgIpc) is 3.32. The van der Waals surface area contributed by atoms with Crippen LogP contribution >= 0.6 is 11.3 Å². The third kappa shape index (κ3) is 6.48. The first-order valence-electron chi connectivity index (χ1n) is 12.2. The molecule has 210 valence electrons. The summed E-state index contributed by atoms with van der Waals surface area (Å²) in [4.78, 5) is 5.79. The van der Waals surface area contributed by atoms with Crippen molar-refractivity contribution in [2.24, 2.45) is 5.92 Å². The Morgan fingerprint density at radius 1 is 1.21 bits per heavy atom. The molecule has 0 bridgehead atoms. The maximum Gasteiger partial charge on any atom is 0.392 e. The van der Waals surface area contributed by atoms with Gasteiger partial charge in [-0.3, -0.25) is 4.90 Å². The second kappa shape index (κ2) is 11.3. The summed E-state index contributed by atoms with van der Waals surface area (Å²) < 4.78 is 81.8. The Morgan fingerprint density at radius 3 is 2.49 bits per heavy atom. The zero-order valence-corrected chi connectivity index (χ0v) is 23.2. The summed E-state index contributed by atoms with van der Waals surface area (Å²) in [6.07, 6.45) is -3.28. The molecule has 1 saturated heterocycles. The van der Waals surface area contributed by atoms with Crippen LogP contribution in [0.3, 0.4) is 0 Å². The number of thiazole rings is 1. The fraction of sp³-hybridized carbons (Fsp3) is 0.385. The number of alkyl halides is 3. The van der Waals surface area contributed by atoms with Gasteiger partial charge in [0.15, 0.2) is 5.03 Å². The topological polar surface area (TPSA) is 89.4 Å². The van der Waals surface area contributed by atoms with Crippen molar-refractivity contribution in [1.82, 2.24) is 14.2 Å². The summed E-state index contributed by atoms with van der Waals surface area (Å²) in [7, 11) is -3.95. The zero-order chi connectivity index (χ0) is 28.5. The molecule has 2 heterocycles. The number of hydrogen-bond donors (Lipinski definition) is 2. The van der Waals surface area contributed by atoms with E-state index in [-0.39, 0.29) is 31.2 Å². The van der Waals surface area contributed by atoms with E-state index in [9.17, 15) is 26.0 Å². The second-order valence-corrected chi connectivity index (χ2v) is 12.5. The molecule has 2 atom stereocenters. The van der Waals surface area contributed by atoms with E-state index >= 15 is 0 Å². The van der Waals surface area contributed by atoms with E-state index in [1.165, 1.54) is 33.2 Å². The van der Waals surface area contributed by atoms with E-state index in [1.54, 1.807) is 43.0 Å². The lowest BCUT2D eigenvalue weighted by Crippen LogP contribution is -2.52. The highest BCUT2D eigenvalue weighted by Gasteiger charge is 2.42. The van der Waals surface area contributed by atoms with Crippen LogP contribution < -0.4 is 5.32 Å². The molecule has 0 amide bonds. The van der Waals surface area contributed by atoms with Crippen LogP contribution in [0.1, 0.15) is 34.7 Å². The van der Waals surface area contributed by atoms with E-state index in [0.717, 1.165) is 13.1 Å². The fourth-order valence-electron chi connectivity index (χ4n) is 4.59. The Balaban J connectivity index is 1.71. The zero-order valence-electron chi connectivity index (χ0n) is 21.6. The van der Waals surface area contributed by atoms with Crippen LogP contribution in [0.5, 0.6) is 0 Å².